The zero-order chi connectivity index (χ0) is 37.3. The van der Waals surface area contributed by atoms with Crippen LogP contribution in [-0.2, 0) is 29.4 Å². The molecule has 1 saturated carbocycles. The smallest absolute Gasteiger partial charge is 0.315 e. The predicted octanol–water partition coefficient (Wildman–Crippen LogP) is 0.860. The van der Waals surface area contributed by atoms with Gasteiger partial charge in [-0.15, -0.1) is 18.9 Å². The number of Topliss-reactive ketones (excluding diaryl/α,β-unsaturated/α-hetero) is 1. The van der Waals surface area contributed by atoms with Crippen LogP contribution in [0, 0.1) is 40.4 Å². The van der Waals surface area contributed by atoms with E-state index in [0.717, 1.165) is 0 Å². The Morgan fingerprint density at radius 1 is 1.02 bits per heavy atom. The highest BCUT2D eigenvalue weighted by molar-refractivity contribution is 7.87. The van der Waals surface area contributed by atoms with Crippen molar-refractivity contribution in [2.75, 3.05) is 39.8 Å². The Morgan fingerprint density at radius 2 is 1.65 bits per heavy atom. The van der Waals surface area contributed by atoms with E-state index in [2.05, 4.69) is 33.8 Å². The van der Waals surface area contributed by atoms with E-state index in [1.165, 1.54) is 26.6 Å². The summed E-state index contributed by atoms with van der Waals surface area (Å²) in [5, 5.41) is 10.9. The summed E-state index contributed by atoms with van der Waals surface area (Å²) in [6, 6.07) is -4.44. The summed E-state index contributed by atoms with van der Waals surface area (Å²) in [4.78, 5) is 68.9. The predicted molar refractivity (Wildman–Crippen MR) is 186 cm³/mol. The van der Waals surface area contributed by atoms with Crippen molar-refractivity contribution in [3.05, 3.63) is 12.7 Å². The molecule has 1 aliphatic carbocycles. The van der Waals surface area contributed by atoms with Crippen LogP contribution < -0.4 is 21.3 Å². The maximum absolute atomic E-state index is 14.4. The number of amides is 5. The van der Waals surface area contributed by atoms with Gasteiger partial charge < -0.3 is 26.2 Å². The van der Waals surface area contributed by atoms with Gasteiger partial charge in [0.05, 0.1) is 6.04 Å². The van der Waals surface area contributed by atoms with E-state index in [4.69, 9.17) is 6.42 Å². The van der Waals surface area contributed by atoms with Crippen molar-refractivity contribution in [3.63, 3.8) is 0 Å². The normalized spacial score (nSPS) is 24.8. The van der Waals surface area contributed by atoms with Crippen LogP contribution in [0.3, 0.4) is 0 Å². The van der Waals surface area contributed by atoms with Crippen molar-refractivity contribution in [1.82, 2.24) is 34.8 Å². The molecule has 0 bridgehead atoms. The molecule has 0 aromatic rings. The summed E-state index contributed by atoms with van der Waals surface area (Å²) in [7, 11) is -2.13. The zero-order valence-corrected chi connectivity index (χ0v) is 31.2. The molecule has 1 unspecified atom stereocenters. The van der Waals surface area contributed by atoms with Crippen LogP contribution in [0.4, 0.5) is 4.79 Å². The number of ketones is 1. The van der Waals surface area contributed by atoms with E-state index in [1.54, 1.807) is 20.8 Å². The highest BCUT2D eigenvalue weighted by atomic mass is 32.2. The molecule has 14 nitrogen and oxygen atoms in total. The Labute approximate surface area is 291 Å². The van der Waals surface area contributed by atoms with Crippen molar-refractivity contribution in [3.8, 4) is 12.3 Å². The summed E-state index contributed by atoms with van der Waals surface area (Å²) < 4.78 is 28.1. The fraction of sp³-hybridized carbons (Fsp3) is 0.735. The van der Waals surface area contributed by atoms with Gasteiger partial charge in [-0.2, -0.15) is 17.0 Å². The van der Waals surface area contributed by atoms with Crippen LogP contribution >= 0.6 is 0 Å². The van der Waals surface area contributed by atoms with Crippen LogP contribution in [0.25, 0.3) is 0 Å². The van der Waals surface area contributed by atoms with Crippen LogP contribution in [-0.4, -0.2) is 115 Å². The number of rotatable bonds is 13. The molecule has 2 saturated heterocycles. The molecule has 3 rings (SSSR count). The van der Waals surface area contributed by atoms with Crippen molar-refractivity contribution in [2.24, 2.45) is 28.1 Å². The average molecular weight is 706 g/mol. The Kier molecular flexibility index (Phi) is 12.1. The molecule has 2 aliphatic heterocycles. The van der Waals surface area contributed by atoms with Crippen molar-refractivity contribution >= 4 is 39.7 Å². The Bertz CT molecular complexity index is 1470. The third kappa shape index (κ3) is 8.82. The minimum atomic E-state index is -3.64. The maximum atomic E-state index is 14.4. The van der Waals surface area contributed by atoms with Gasteiger partial charge in [-0.1, -0.05) is 61.5 Å². The lowest BCUT2D eigenvalue weighted by Gasteiger charge is -2.39. The number of carbonyl (C=O) groups is 5. The second kappa shape index (κ2) is 14.8. The first-order chi connectivity index (χ1) is 22.5. The molecule has 6 atom stereocenters. The van der Waals surface area contributed by atoms with E-state index in [1.807, 2.05) is 34.6 Å². The van der Waals surface area contributed by atoms with E-state index in [0.29, 0.717) is 13.1 Å². The fourth-order valence-corrected chi connectivity index (χ4v) is 8.08. The topological polar surface area (TPSA) is 177 Å². The summed E-state index contributed by atoms with van der Waals surface area (Å²) in [6.45, 7) is 19.7. The van der Waals surface area contributed by atoms with E-state index < -0.39 is 74.7 Å². The van der Waals surface area contributed by atoms with E-state index in [-0.39, 0.29) is 49.7 Å². The number of fused-ring (bicyclic) bond motifs is 1. The maximum Gasteiger partial charge on any atom is 0.315 e. The summed E-state index contributed by atoms with van der Waals surface area (Å²) >= 11 is 0. The monoisotopic (exact) mass is 705 g/mol. The minimum absolute atomic E-state index is 0.0169. The molecule has 0 spiro atoms. The number of nitrogens with one attached hydrogen (secondary N) is 4. The summed E-state index contributed by atoms with van der Waals surface area (Å²) in [5.74, 6) is -0.501. The minimum Gasteiger partial charge on any atom is -0.346 e. The third-order valence-corrected chi connectivity index (χ3v) is 12.1. The molecule has 15 heteroatoms. The molecule has 0 radical (unpaired) electrons. The number of piperidine rings is 1. The quantitative estimate of drug-likeness (QED) is 0.125. The van der Waals surface area contributed by atoms with Crippen molar-refractivity contribution in [2.45, 2.75) is 92.4 Å². The lowest BCUT2D eigenvalue weighted by atomic mass is 9.85. The van der Waals surface area contributed by atoms with Gasteiger partial charge in [-0.25, -0.2) is 4.79 Å². The zero-order valence-electron chi connectivity index (χ0n) is 30.4. The van der Waals surface area contributed by atoms with Gasteiger partial charge in [-0.05, 0) is 34.5 Å². The van der Waals surface area contributed by atoms with Crippen LogP contribution in [0.2, 0.25) is 0 Å². The van der Waals surface area contributed by atoms with Crippen molar-refractivity contribution in [1.29, 1.82) is 0 Å². The first-order valence-electron chi connectivity index (χ1n) is 16.8. The molecule has 3 fully saturated rings. The van der Waals surface area contributed by atoms with Gasteiger partial charge in [0.2, 0.25) is 17.6 Å². The first kappa shape index (κ1) is 40.0. The van der Waals surface area contributed by atoms with Crippen LogP contribution in [0.15, 0.2) is 12.7 Å². The number of likely N-dealkylation sites (tertiary alicyclic amines) is 1. The third-order valence-electron chi connectivity index (χ3n) is 10.1. The molecular weight excluding hydrogens is 650 g/mol. The number of likely N-dealkylation sites (N-methyl/N-ethyl adjacent to an activating group) is 1. The lowest BCUT2D eigenvalue weighted by Crippen LogP contribution is -2.62. The average Bonchev–Trinajstić information content (AvgIpc) is 3.25. The molecule has 4 N–H and O–H groups in total. The second-order valence-corrected chi connectivity index (χ2v) is 18.1. The molecular formula is C34H55N7O7S. The Hall–Kier alpha value is -3.48. The number of hydrogen-bond donors (Lipinski definition) is 4. The highest BCUT2D eigenvalue weighted by Crippen LogP contribution is 2.65. The van der Waals surface area contributed by atoms with Crippen molar-refractivity contribution < 1.29 is 32.4 Å². The first-order valence-corrected chi connectivity index (χ1v) is 18.2. The highest BCUT2D eigenvalue weighted by Gasteiger charge is 2.70. The summed E-state index contributed by atoms with van der Waals surface area (Å²) in [5.41, 5.74) is -1.56. The molecule has 274 valence electrons. The van der Waals surface area contributed by atoms with Gasteiger partial charge in [0.25, 0.3) is 16.1 Å². The van der Waals surface area contributed by atoms with E-state index in [9.17, 15) is 32.4 Å². The van der Waals surface area contributed by atoms with Gasteiger partial charge in [0.15, 0.2) is 0 Å². The van der Waals surface area contributed by atoms with Gasteiger partial charge in [-0.3, -0.25) is 19.2 Å². The molecule has 3 aliphatic rings. The Balaban J connectivity index is 1.84. The second-order valence-electron chi connectivity index (χ2n) is 16.1. The van der Waals surface area contributed by atoms with Gasteiger partial charge >= 0.3 is 6.03 Å². The SMILES string of the molecule is C#CCCC(NC(=O)[C@@H]1[C@@H]2[C@H](CN1C(=O)[C@@H](NC(=O)N[C@H](CN1CCN(C)S1(=O)=O)C(C)(C)C)C(C)(C)C)C2(C)C)C(=O)C(=O)NCC=C. The molecule has 0 aromatic carbocycles. The number of hydrogen-bond acceptors (Lipinski definition) is 7. The largest absolute Gasteiger partial charge is 0.346 e. The standard InChI is InChI=1S/C34H55N7O7S/c1-12-14-15-22(26(42)29(44)35-16-13-2)36-28(43)25-24-21(34(24,9)10)19-41(25)30(45)27(33(6,7)8)38-31(46)37-23(32(3,4)5)20-40-18-17-39(11)49(40,47)48/h1,13,21-25,27H,2,14-20H2,3-11H3,(H,35,44)(H,36,43)(H2,37,38,46)/t21-,22?,23+,24-,25-,27+/m0/s1. The van der Waals surface area contributed by atoms with Gasteiger partial charge in [0.1, 0.15) is 12.1 Å². The number of nitrogens with zero attached hydrogens (tertiary/aromatic N) is 3. The van der Waals surface area contributed by atoms with Gasteiger partial charge in [0, 0.05) is 52.2 Å². The molecule has 0 aromatic heterocycles. The van der Waals surface area contributed by atoms with Crippen LogP contribution in [0.1, 0.15) is 68.2 Å². The van der Waals surface area contributed by atoms with E-state index >= 15 is 0 Å². The number of terminal acetylenes is 1. The fourth-order valence-electron chi connectivity index (χ4n) is 6.73. The van der Waals surface area contributed by atoms with Crippen LogP contribution in [0.5, 0.6) is 0 Å². The number of urea groups is 1. The molecule has 5 amide bonds. The molecule has 2 heterocycles. The number of carbonyl (C=O) groups excluding carboxylic acids is 5. The Morgan fingerprint density at radius 3 is 2.16 bits per heavy atom. The lowest BCUT2D eigenvalue weighted by molar-refractivity contribution is -0.145. The summed E-state index contributed by atoms with van der Waals surface area (Å²) in [6.07, 6.45) is 7.03. The molecule has 49 heavy (non-hydrogen) atoms.